The van der Waals surface area contributed by atoms with Gasteiger partial charge >= 0.3 is 5.97 Å². The zero-order valence-corrected chi connectivity index (χ0v) is 18.3. The lowest BCUT2D eigenvalue weighted by Crippen LogP contribution is -2.21. The quantitative estimate of drug-likeness (QED) is 0.433. The summed E-state index contributed by atoms with van der Waals surface area (Å²) in [5, 5.41) is 29.1. The van der Waals surface area contributed by atoms with Gasteiger partial charge in [0.15, 0.2) is 0 Å². The first-order valence-electron chi connectivity index (χ1n) is 10.7. The summed E-state index contributed by atoms with van der Waals surface area (Å²) in [6, 6.07) is 12.1. The first kappa shape index (κ1) is 23.6. The fourth-order valence-electron chi connectivity index (χ4n) is 3.96. The third kappa shape index (κ3) is 5.81. The number of pyridine rings is 1. The molecule has 2 aromatic heterocycles. The molecule has 0 bridgehead atoms. The first-order valence-corrected chi connectivity index (χ1v) is 10.7. The van der Waals surface area contributed by atoms with Crippen molar-refractivity contribution in [1.82, 2.24) is 9.55 Å². The van der Waals surface area contributed by atoms with E-state index in [1.165, 1.54) is 12.1 Å². The summed E-state index contributed by atoms with van der Waals surface area (Å²) in [6.45, 7) is 4.13. The van der Waals surface area contributed by atoms with Crippen molar-refractivity contribution in [3.05, 3.63) is 66.4 Å². The maximum Gasteiger partial charge on any atom is 0.305 e. The van der Waals surface area contributed by atoms with Crippen LogP contribution in [0.15, 0.2) is 54.9 Å². The van der Waals surface area contributed by atoms with Crippen LogP contribution in [0.4, 0.5) is 4.39 Å². The average Bonchev–Trinajstić information content (AvgIpc) is 3.12. The van der Waals surface area contributed by atoms with Gasteiger partial charge in [0.2, 0.25) is 0 Å². The normalized spacial score (nSPS) is 13.3. The topological polar surface area (TPSA) is 95.6 Å². The fourth-order valence-corrected chi connectivity index (χ4v) is 3.96. The number of halogens is 1. The number of hydrogen-bond acceptors (Lipinski definition) is 4. The molecular formula is C25H29FN2O4. The highest BCUT2D eigenvalue weighted by Gasteiger charge is 2.22. The van der Waals surface area contributed by atoms with Crippen molar-refractivity contribution in [3.8, 4) is 22.4 Å². The minimum absolute atomic E-state index is 0.00628. The lowest BCUT2D eigenvalue weighted by Gasteiger charge is -2.18. The van der Waals surface area contributed by atoms with Gasteiger partial charge in [0.25, 0.3) is 0 Å². The van der Waals surface area contributed by atoms with E-state index >= 15 is 0 Å². The second-order valence-corrected chi connectivity index (χ2v) is 8.27. The van der Waals surface area contributed by atoms with Gasteiger partial charge in [0.1, 0.15) is 5.82 Å². The monoisotopic (exact) mass is 440 g/mol. The van der Waals surface area contributed by atoms with Crippen LogP contribution >= 0.6 is 0 Å². The van der Waals surface area contributed by atoms with Crippen LogP contribution in [-0.4, -0.2) is 43.0 Å². The summed E-state index contributed by atoms with van der Waals surface area (Å²) in [4.78, 5) is 15.3. The van der Waals surface area contributed by atoms with Gasteiger partial charge < -0.3 is 19.9 Å². The molecule has 2 atom stereocenters. The molecule has 6 nitrogen and oxygen atoms in total. The van der Waals surface area contributed by atoms with E-state index in [1.807, 2.05) is 24.4 Å². The second kappa shape index (κ2) is 10.5. The number of nitrogens with zero attached hydrogens (tertiary/aromatic N) is 2. The number of hydrogen-bond donors (Lipinski definition) is 3. The number of rotatable bonds is 10. The summed E-state index contributed by atoms with van der Waals surface area (Å²) in [7, 11) is 0. The van der Waals surface area contributed by atoms with E-state index in [4.69, 9.17) is 5.11 Å². The molecule has 0 amide bonds. The van der Waals surface area contributed by atoms with Crippen molar-refractivity contribution in [2.24, 2.45) is 0 Å². The Labute approximate surface area is 187 Å². The van der Waals surface area contributed by atoms with Gasteiger partial charge in [0.05, 0.1) is 24.3 Å². The van der Waals surface area contributed by atoms with Crippen molar-refractivity contribution in [2.45, 2.75) is 57.8 Å². The zero-order chi connectivity index (χ0) is 23.3. The molecule has 0 spiro atoms. The van der Waals surface area contributed by atoms with Crippen molar-refractivity contribution in [3.63, 3.8) is 0 Å². The molecule has 0 saturated heterocycles. The van der Waals surface area contributed by atoms with Crippen molar-refractivity contribution in [2.75, 3.05) is 0 Å². The van der Waals surface area contributed by atoms with E-state index in [2.05, 4.69) is 23.4 Å². The van der Waals surface area contributed by atoms with Crippen LogP contribution in [0.25, 0.3) is 22.4 Å². The molecule has 0 radical (unpaired) electrons. The zero-order valence-electron chi connectivity index (χ0n) is 18.3. The summed E-state index contributed by atoms with van der Waals surface area (Å²) in [5.41, 5.74) is 4.46. The van der Waals surface area contributed by atoms with E-state index < -0.39 is 24.6 Å². The Kier molecular flexibility index (Phi) is 7.77. The van der Waals surface area contributed by atoms with E-state index in [-0.39, 0.29) is 18.3 Å². The van der Waals surface area contributed by atoms with Gasteiger partial charge in [-0.25, -0.2) is 4.39 Å². The third-order valence-corrected chi connectivity index (χ3v) is 5.44. The molecule has 1 aromatic carbocycles. The van der Waals surface area contributed by atoms with Gasteiger partial charge in [0, 0.05) is 35.3 Å². The molecule has 0 fully saturated rings. The molecule has 0 aliphatic heterocycles. The SMILES string of the molecule is CC(C)n1cc(-c2ccccn2)c(-c2ccc(F)cc2)c1CC[C@@H](O)C[C@@H](O)CC(=O)O. The molecule has 0 aliphatic carbocycles. The number of aromatic nitrogens is 2. The highest BCUT2D eigenvalue weighted by molar-refractivity contribution is 5.84. The number of aliphatic hydroxyl groups is 2. The van der Waals surface area contributed by atoms with Crippen molar-refractivity contribution < 1.29 is 24.5 Å². The lowest BCUT2D eigenvalue weighted by atomic mass is 9.95. The predicted octanol–water partition coefficient (Wildman–Crippen LogP) is 4.46. The largest absolute Gasteiger partial charge is 0.481 e. The summed E-state index contributed by atoms with van der Waals surface area (Å²) < 4.78 is 15.7. The third-order valence-electron chi connectivity index (χ3n) is 5.44. The van der Waals surface area contributed by atoms with Crippen molar-refractivity contribution >= 4 is 5.97 Å². The molecule has 3 rings (SSSR count). The predicted molar refractivity (Wildman–Crippen MR) is 121 cm³/mol. The maximum absolute atomic E-state index is 13.6. The van der Waals surface area contributed by atoms with Gasteiger partial charge in [-0.1, -0.05) is 18.2 Å². The molecule has 2 heterocycles. The van der Waals surface area contributed by atoms with Gasteiger partial charge in [-0.3, -0.25) is 9.78 Å². The van der Waals surface area contributed by atoms with Crippen LogP contribution in [0.5, 0.6) is 0 Å². The van der Waals surface area contributed by atoms with Gasteiger partial charge in [-0.2, -0.15) is 0 Å². The molecule has 3 aromatic rings. The maximum atomic E-state index is 13.6. The van der Waals surface area contributed by atoms with Crippen LogP contribution in [-0.2, 0) is 11.2 Å². The Bertz CT molecular complexity index is 1030. The lowest BCUT2D eigenvalue weighted by molar-refractivity contribution is -0.139. The molecule has 7 heteroatoms. The highest BCUT2D eigenvalue weighted by Crippen LogP contribution is 2.38. The van der Waals surface area contributed by atoms with Gasteiger partial charge in [-0.05, 0) is 62.9 Å². The fraction of sp³-hybridized carbons (Fsp3) is 0.360. The average molecular weight is 441 g/mol. The second-order valence-electron chi connectivity index (χ2n) is 8.27. The molecular weight excluding hydrogens is 411 g/mol. The van der Waals surface area contributed by atoms with Crippen LogP contribution < -0.4 is 0 Å². The summed E-state index contributed by atoms with van der Waals surface area (Å²) in [5.74, 6) is -1.42. The Hall–Kier alpha value is -3.03. The molecule has 0 saturated carbocycles. The number of carbonyl (C=O) groups is 1. The number of carboxylic acids is 1. The van der Waals surface area contributed by atoms with E-state index in [9.17, 15) is 19.4 Å². The highest BCUT2D eigenvalue weighted by atomic mass is 19.1. The molecule has 170 valence electrons. The molecule has 3 N–H and O–H groups in total. The Morgan fingerprint density at radius 2 is 1.81 bits per heavy atom. The Balaban J connectivity index is 1.99. The standard InChI is InChI=1S/C25H29FN2O4/c1-16(2)28-15-21(22-5-3-4-12-27-22)25(17-6-8-18(26)9-7-17)23(28)11-10-19(29)13-20(30)14-24(31)32/h3-9,12,15-16,19-20,29-30H,10-11,13-14H2,1-2H3,(H,31,32)/t19-,20-/m1/s1. The first-order chi connectivity index (χ1) is 15.3. The van der Waals surface area contributed by atoms with E-state index in [0.29, 0.717) is 12.8 Å². The van der Waals surface area contributed by atoms with E-state index in [0.717, 1.165) is 28.1 Å². The Morgan fingerprint density at radius 1 is 1.09 bits per heavy atom. The number of aliphatic hydroxyl groups excluding tert-OH is 2. The Morgan fingerprint density at radius 3 is 2.41 bits per heavy atom. The summed E-state index contributed by atoms with van der Waals surface area (Å²) >= 11 is 0. The summed E-state index contributed by atoms with van der Waals surface area (Å²) in [6.07, 6.45) is 2.26. The number of benzene rings is 1. The van der Waals surface area contributed by atoms with Crippen molar-refractivity contribution in [1.29, 1.82) is 0 Å². The number of aliphatic carboxylic acids is 1. The molecule has 0 aliphatic rings. The molecule has 32 heavy (non-hydrogen) atoms. The number of carboxylic acid groups (broad SMARTS) is 1. The minimum atomic E-state index is -1.10. The minimum Gasteiger partial charge on any atom is -0.481 e. The smallest absolute Gasteiger partial charge is 0.305 e. The van der Waals surface area contributed by atoms with Crippen LogP contribution in [0.2, 0.25) is 0 Å². The van der Waals surface area contributed by atoms with Crippen LogP contribution in [0.1, 0.15) is 44.8 Å². The molecule has 0 unspecified atom stereocenters. The van der Waals surface area contributed by atoms with Crippen LogP contribution in [0.3, 0.4) is 0 Å². The van der Waals surface area contributed by atoms with Gasteiger partial charge in [-0.15, -0.1) is 0 Å². The van der Waals surface area contributed by atoms with Crippen LogP contribution in [0, 0.1) is 5.82 Å². The van der Waals surface area contributed by atoms with E-state index in [1.54, 1.807) is 18.3 Å².